The van der Waals surface area contributed by atoms with Gasteiger partial charge < -0.3 is 10.2 Å². The smallest absolute Gasteiger partial charge is 0.0107 e. The van der Waals surface area contributed by atoms with Gasteiger partial charge in [0, 0.05) is 26.2 Å². The molecule has 0 aromatic rings. The first kappa shape index (κ1) is 11.4. The van der Waals surface area contributed by atoms with E-state index >= 15 is 0 Å². The van der Waals surface area contributed by atoms with Crippen LogP contribution in [0.1, 0.15) is 33.6 Å². The zero-order valence-corrected chi connectivity index (χ0v) is 10.6. The minimum atomic E-state index is 0.685. The van der Waals surface area contributed by atoms with Gasteiger partial charge in [-0.05, 0) is 36.6 Å². The van der Waals surface area contributed by atoms with E-state index in [0.717, 1.165) is 11.8 Å². The summed E-state index contributed by atoms with van der Waals surface area (Å²) in [6.45, 7) is 13.4. The summed E-state index contributed by atoms with van der Waals surface area (Å²) in [6, 6.07) is 0. The van der Waals surface area contributed by atoms with Gasteiger partial charge >= 0.3 is 0 Å². The number of rotatable bonds is 3. The minimum Gasteiger partial charge on any atom is -0.315 e. The molecular formula is C13H26N2. The largest absolute Gasteiger partial charge is 0.315 e. The molecule has 15 heavy (non-hydrogen) atoms. The van der Waals surface area contributed by atoms with Gasteiger partial charge in [0.15, 0.2) is 0 Å². The molecule has 1 unspecified atom stereocenters. The van der Waals surface area contributed by atoms with Crippen molar-refractivity contribution in [3.63, 3.8) is 0 Å². The summed E-state index contributed by atoms with van der Waals surface area (Å²) >= 11 is 0. The molecule has 2 nitrogen and oxygen atoms in total. The molecule has 0 amide bonds. The van der Waals surface area contributed by atoms with Crippen LogP contribution >= 0.6 is 0 Å². The lowest BCUT2D eigenvalue weighted by molar-refractivity contribution is 0.181. The van der Waals surface area contributed by atoms with Crippen LogP contribution in [0.5, 0.6) is 0 Å². The van der Waals surface area contributed by atoms with E-state index in [9.17, 15) is 0 Å². The van der Waals surface area contributed by atoms with Crippen molar-refractivity contribution in [2.75, 3.05) is 32.7 Å². The highest BCUT2D eigenvalue weighted by Crippen LogP contribution is 2.52. The van der Waals surface area contributed by atoms with Gasteiger partial charge in [0.1, 0.15) is 0 Å². The van der Waals surface area contributed by atoms with Crippen LogP contribution in [-0.2, 0) is 0 Å². The first-order chi connectivity index (χ1) is 7.12. The normalized spacial score (nSPS) is 31.6. The number of hydrogen-bond acceptors (Lipinski definition) is 2. The lowest BCUT2D eigenvalue weighted by Gasteiger charge is -2.29. The maximum Gasteiger partial charge on any atom is 0.0107 e. The first-order valence-electron chi connectivity index (χ1n) is 6.55. The molecule has 2 rings (SSSR count). The molecule has 1 atom stereocenters. The summed E-state index contributed by atoms with van der Waals surface area (Å²) in [7, 11) is 0. The minimum absolute atomic E-state index is 0.685. The molecule has 1 heterocycles. The monoisotopic (exact) mass is 210 g/mol. The highest BCUT2D eigenvalue weighted by molar-refractivity contribution is 4.98. The Balaban J connectivity index is 1.87. The fraction of sp³-hybridized carbons (Fsp3) is 1.00. The van der Waals surface area contributed by atoms with Gasteiger partial charge in [-0.3, -0.25) is 0 Å². The van der Waals surface area contributed by atoms with E-state index in [1.54, 1.807) is 0 Å². The average Bonchev–Trinajstić information content (AvgIpc) is 2.93. The Hall–Kier alpha value is -0.0800. The second-order valence-corrected chi connectivity index (χ2v) is 6.06. The van der Waals surface area contributed by atoms with E-state index in [-0.39, 0.29) is 0 Å². The zero-order chi connectivity index (χ0) is 10.9. The summed E-state index contributed by atoms with van der Waals surface area (Å²) in [4.78, 5) is 2.69. The zero-order valence-electron chi connectivity index (χ0n) is 10.6. The molecule has 1 N–H and O–H groups in total. The van der Waals surface area contributed by atoms with Crippen LogP contribution in [0.25, 0.3) is 0 Å². The van der Waals surface area contributed by atoms with Gasteiger partial charge in [-0.15, -0.1) is 0 Å². The molecule has 2 heteroatoms. The molecule has 1 aliphatic carbocycles. The van der Waals surface area contributed by atoms with Gasteiger partial charge in [0.05, 0.1) is 0 Å². The molecule has 88 valence electrons. The van der Waals surface area contributed by atoms with Crippen LogP contribution in [0.4, 0.5) is 0 Å². The van der Waals surface area contributed by atoms with Gasteiger partial charge in [-0.25, -0.2) is 0 Å². The van der Waals surface area contributed by atoms with Crippen molar-refractivity contribution in [2.24, 2.45) is 17.3 Å². The molecule has 0 aromatic carbocycles. The van der Waals surface area contributed by atoms with E-state index in [1.807, 2.05) is 0 Å². The first-order valence-corrected chi connectivity index (χ1v) is 6.55. The molecule has 1 saturated carbocycles. The van der Waals surface area contributed by atoms with E-state index < -0.39 is 0 Å². The molecule has 1 saturated heterocycles. The number of hydrogen-bond donors (Lipinski definition) is 1. The van der Waals surface area contributed by atoms with Crippen molar-refractivity contribution >= 4 is 0 Å². The second-order valence-electron chi connectivity index (χ2n) is 6.06. The summed E-state index contributed by atoms with van der Waals surface area (Å²) < 4.78 is 0. The van der Waals surface area contributed by atoms with Gasteiger partial charge in [0.25, 0.3) is 0 Å². The highest BCUT2D eigenvalue weighted by Gasteiger charge is 2.46. The Morgan fingerprint density at radius 3 is 2.73 bits per heavy atom. The van der Waals surface area contributed by atoms with Crippen molar-refractivity contribution in [3.8, 4) is 0 Å². The van der Waals surface area contributed by atoms with E-state index in [4.69, 9.17) is 0 Å². The fourth-order valence-electron chi connectivity index (χ4n) is 2.85. The van der Waals surface area contributed by atoms with E-state index in [1.165, 1.54) is 45.6 Å². The fourth-order valence-corrected chi connectivity index (χ4v) is 2.85. The van der Waals surface area contributed by atoms with Crippen LogP contribution in [0.3, 0.4) is 0 Å². The Bertz CT molecular complexity index is 209. The third kappa shape index (κ3) is 2.73. The quantitative estimate of drug-likeness (QED) is 0.766. The lowest BCUT2D eigenvalue weighted by atomic mass is 9.91. The third-order valence-electron chi connectivity index (χ3n) is 4.32. The molecule has 0 bridgehead atoms. The Labute approximate surface area is 94.4 Å². The van der Waals surface area contributed by atoms with Crippen molar-refractivity contribution in [1.82, 2.24) is 10.2 Å². The Kier molecular flexibility index (Phi) is 3.36. The summed E-state index contributed by atoms with van der Waals surface area (Å²) in [5.41, 5.74) is 0.685. The summed E-state index contributed by atoms with van der Waals surface area (Å²) in [5, 5.41) is 3.52. The molecule has 0 spiro atoms. The number of nitrogens with one attached hydrogen (secondary N) is 1. The van der Waals surface area contributed by atoms with Crippen LogP contribution in [0, 0.1) is 17.3 Å². The van der Waals surface area contributed by atoms with Gasteiger partial charge in [0.2, 0.25) is 0 Å². The van der Waals surface area contributed by atoms with Crippen LogP contribution < -0.4 is 5.32 Å². The Morgan fingerprint density at radius 1 is 1.40 bits per heavy atom. The number of nitrogens with zero attached hydrogens (tertiary/aromatic N) is 1. The van der Waals surface area contributed by atoms with E-state index in [0.29, 0.717) is 5.41 Å². The molecule has 1 aliphatic heterocycles. The molecule has 0 aromatic heterocycles. The maximum atomic E-state index is 3.52. The SMILES string of the molecule is CC1CNCCN(CC2(C(C)C)CC2)C1. The predicted molar refractivity (Wildman–Crippen MR) is 65.0 cm³/mol. The predicted octanol–water partition coefficient (Wildman–Crippen LogP) is 1.96. The van der Waals surface area contributed by atoms with Crippen LogP contribution in [0.15, 0.2) is 0 Å². The van der Waals surface area contributed by atoms with Gasteiger partial charge in [-0.2, -0.15) is 0 Å². The second kappa shape index (κ2) is 4.42. The summed E-state index contributed by atoms with van der Waals surface area (Å²) in [5.74, 6) is 1.68. The van der Waals surface area contributed by atoms with Gasteiger partial charge in [-0.1, -0.05) is 20.8 Å². The van der Waals surface area contributed by atoms with Crippen molar-refractivity contribution < 1.29 is 0 Å². The summed E-state index contributed by atoms with van der Waals surface area (Å²) in [6.07, 6.45) is 2.92. The van der Waals surface area contributed by atoms with Crippen LogP contribution in [-0.4, -0.2) is 37.6 Å². The standard InChI is InChI=1S/C13H26N2/c1-11(2)13(4-5-13)10-15-7-6-14-8-12(3)9-15/h11-12,14H,4-10H2,1-3H3. The van der Waals surface area contributed by atoms with E-state index in [2.05, 4.69) is 31.0 Å². The van der Waals surface area contributed by atoms with Crippen molar-refractivity contribution in [2.45, 2.75) is 33.6 Å². The molecule has 2 fully saturated rings. The third-order valence-corrected chi connectivity index (χ3v) is 4.32. The molecular weight excluding hydrogens is 184 g/mol. The maximum absolute atomic E-state index is 3.52. The molecule has 2 aliphatic rings. The Morgan fingerprint density at radius 2 is 2.13 bits per heavy atom. The highest BCUT2D eigenvalue weighted by atomic mass is 15.2. The molecule has 0 radical (unpaired) electrons. The topological polar surface area (TPSA) is 15.3 Å². The van der Waals surface area contributed by atoms with Crippen molar-refractivity contribution in [3.05, 3.63) is 0 Å². The average molecular weight is 210 g/mol. The van der Waals surface area contributed by atoms with Crippen LogP contribution in [0.2, 0.25) is 0 Å². The lowest BCUT2D eigenvalue weighted by Crippen LogP contribution is -2.36. The van der Waals surface area contributed by atoms with Crippen molar-refractivity contribution in [1.29, 1.82) is 0 Å².